The van der Waals surface area contributed by atoms with E-state index in [1.165, 1.54) is 5.56 Å². The summed E-state index contributed by atoms with van der Waals surface area (Å²) < 4.78 is 5.64. The Labute approximate surface area is 91.7 Å². The van der Waals surface area contributed by atoms with Crippen LogP contribution >= 0.6 is 0 Å². The first kappa shape index (κ1) is 11.8. The zero-order chi connectivity index (χ0) is 11.1. The molecule has 0 fully saturated rings. The molecule has 0 saturated carbocycles. The van der Waals surface area contributed by atoms with E-state index in [0.717, 1.165) is 12.2 Å². The number of rotatable bonds is 5. The Morgan fingerprint density at radius 2 is 2.13 bits per heavy atom. The quantitative estimate of drug-likeness (QED) is 0.750. The zero-order valence-electron chi connectivity index (χ0n) is 9.44. The van der Waals surface area contributed by atoms with Gasteiger partial charge in [0.1, 0.15) is 12.4 Å². The largest absolute Gasteiger partial charge is 0.489 e. The summed E-state index contributed by atoms with van der Waals surface area (Å²) in [6.45, 7) is 4.60. The predicted molar refractivity (Wildman–Crippen MR) is 64.1 cm³/mol. The van der Waals surface area contributed by atoms with Crippen molar-refractivity contribution < 1.29 is 4.74 Å². The Morgan fingerprint density at radius 1 is 1.40 bits per heavy atom. The van der Waals surface area contributed by atoms with Gasteiger partial charge in [0.15, 0.2) is 0 Å². The normalized spacial score (nSPS) is 13.0. The Morgan fingerprint density at radius 3 is 2.80 bits per heavy atom. The molecule has 0 heterocycles. The van der Waals surface area contributed by atoms with Gasteiger partial charge in [-0.1, -0.05) is 30.4 Å². The summed E-state index contributed by atoms with van der Waals surface area (Å²) >= 11 is 0. The summed E-state index contributed by atoms with van der Waals surface area (Å²) in [5.41, 5.74) is 6.96. The summed E-state index contributed by atoms with van der Waals surface area (Å²) in [7, 11) is 0. The first-order chi connectivity index (χ1) is 7.24. The molecular weight excluding hydrogens is 186 g/mol. The first-order valence-corrected chi connectivity index (χ1v) is 5.31. The van der Waals surface area contributed by atoms with E-state index < -0.39 is 0 Å². The van der Waals surface area contributed by atoms with Gasteiger partial charge in [-0.25, -0.2) is 0 Å². The van der Waals surface area contributed by atoms with Crippen molar-refractivity contribution in [2.75, 3.05) is 6.61 Å². The molecule has 2 N–H and O–H groups in total. The third-order valence-corrected chi connectivity index (χ3v) is 2.09. The molecule has 15 heavy (non-hydrogen) atoms. The van der Waals surface area contributed by atoms with Crippen molar-refractivity contribution in [2.45, 2.75) is 26.3 Å². The second-order valence-corrected chi connectivity index (χ2v) is 3.67. The van der Waals surface area contributed by atoms with E-state index in [1.807, 2.05) is 44.2 Å². The minimum Gasteiger partial charge on any atom is -0.489 e. The third-order valence-electron chi connectivity index (χ3n) is 2.09. The van der Waals surface area contributed by atoms with Crippen molar-refractivity contribution >= 4 is 0 Å². The van der Waals surface area contributed by atoms with Gasteiger partial charge in [-0.15, -0.1) is 0 Å². The van der Waals surface area contributed by atoms with Gasteiger partial charge in [0.25, 0.3) is 0 Å². The molecule has 0 saturated heterocycles. The maximum atomic E-state index is 5.78. The van der Waals surface area contributed by atoms with E-state index in [0.29, 0.717) is 6.61 Å². The Kier molecular flexibility index (Phi) is 4.91. The Balaban J connectivity index is 2.68. The van der Waals surface area contributed by atoms with Crippen LogP contribution in [0.4, 0.5) is 0 Å². The van der Waals surface area contributed by atoms with E-state index in [-0.39, 0.29) is 6.04 Å². The van der Waals surface area contributed by atoms with Gasteiger partial charge in [0.05, 0.1) is 0 Å². The van der Waals surface area contributed by atoms with Gasteiger partial charge >= 0.3 is 0 Å². The minimum atomic E-state index is 0.163. The highest BCUT2D eigenvalue weighted by molar-refractivity contribution is 5.34. The smallest absolute Gasteiger partial charge is 0.123 e. The van der Waals surface area contributed by atoms with Crippen LogP contribution in [0.1, 0.15) is 19.4 Å². The molecule has 2 nitrogen and oxygen atoms in total. The van der Waals surface area contributed by atoms with E-state index >= 15 is 0 Å². The van der Waals surface area contributed by atoms with Crippen LogP contribution < -0.4 is 10.5 Å². The van der Waals surface area contributed by atoms with E-state index in [4.69, 9.17) is 10.5 Å². The van der Waals surface area contributed by atoms with Gasteiger partial charge in [-0.05, 0) is 31.9 Å². The lowest BCUT2D eigenvalue weighted by molar-refractivity contribution is 0.358. The van der Waals surface area contributed by atoms with Crippen molar-refractivity contribution in [3.05, 3.63) is 42.0 Å². The molecule has 0 spiro atoms. The lowest BCUT2D eigenvalue weighted by atomic mass is 10.1. The second kappa shape index (κ2) is 6.25. The SMILES string of the molecule is C/C=C/COc1ccccc1CC(C)N. The molecule has 82 valence electrons. The molecule has 0 aliphatic rings. The zero-order valence-corrected chi connectivity index (χ0v) is 9.44. The van der Waals surface area contributed by atoms with Crippen molar-refractivity contribution in [3.8, 4) is 5.75 Å². The van der Waals surface area contributed by atoms with Crippen LogP contribution in [0.3, 0.4) is 0 Å². The summed E-state index contributed by atoms with van der Waals surface area (Å²) in [4.78, 5) is 0. The lowest BCUT2D eigenvalue weighted by Crippen LogP contribution is -2.18. The van der Waals surface area contributed by atoms with Crippen LogP contribution in [0.15, 0.2) is 36.4 Å². The van der Waals surface area contributed by atoms with Crippen LogP contribution in [-0.4, -0.2) is 12.6 Å². The summed E-state index contributed by atoms with van der Waals surface area (Å²) in [5.74, 6) is 0.938. The van der Waals surface area contributed by atoms with E-state index in [9.17, 15) is 0 Å². The van der Waals surface area contributed by atoms with Gasteiger partial charge in [-0.3, -0.25) is 0 Å². The third kappa shape index (κ3) is 4.17. The fraction of sp³-hybridized carbons (Fsp3) is 0.385. The molecule has 0 amide bonds. The average Bonchev–Trinajstić information content (AvgIpc) is 2.20. The average molecular weight is 205 g/mol. The van der Waals surface area contributed by atoms with Crippen LogP contribution in [0.5, 0.6) is 5.75 Å². The number of allylic oxidation sites excluding steroid dienone is 1. The molecule has 1 rings (SSSR count). The number of nitrogens with two attached hydrogens (primary N) is 1. The highest BCUT2D eigenvalue weighted by atomic mass is 16.5. The van der Waals surface area contributed by atoms with Crippen LogP contribution in [-0.2, 0) is 6.42 Å². The molecule has 1 aromatic rings. The fourth-order valence-electron chi connectivity index (χ4n) is 1.39. The number of para-hydroxylation sites is 1. The lowest BCUT2D eigenvalue weighted by Gasteiger charge is -2.11. The van der Waals surface area contributed by atoms with Crippen molar-refractivity contribution in [2.24, 2.45) is 5.73 Å². The maximum absolute atomic E-state index is 5.78. The van der Waals surface area contributed by atoms with Crippen LogP contribution in [0.25, 0.3) is 0 Å². The molecule has 0 aromatic heterocycles. The molecule has 0 radical (unpaired) electrons. The van der Waals surface area contributed by atoms with E-state index in [2.05, 4.69) is 6.07 Å². The topological polar surface area (TPSA) is 35.2 Å². The number of hydrogen-bond acceptors (Lipinski definition) is 2. The highest BCUT2D eigenvalue weighted by Gasteiger charge is 2.04. The van der Waals surface area contributed by atoms with Gasteiger partial charge < -0.3 is 10.5 Å². The molecule has 0 bridgehead atoms. The van der Waals surface area contributed by atoms with Crippen molar-refractivity contribution in [3.63, 3.8) is 0 Å². The summed E-state index contributed by atoms with van der Waals surface area (Å²) in [6, 6.07) is 8.21. The molecular formula is C13H19NO. The first-order valence-electron chi connectivity index (χ1n) is 5.31. The predicted octanol–water partition coefficient (Wildman–Crippen LogP) is 2.53. The summed E-state index contributed by atoms with van der Waals surface area (Å²) in [6.07, 6.45) is 4.82. The van der Waals surface area contributed by atoms with Gasteiger partial charge in [0.2, 0.25) is 0 Å². The van der Waals surface area contributed by atoms with Crippen LogP contribution in [0.2, 0.25) is 0 Å². The second-order valence-electron chi connectivity index (χ2n) is 3.67. The minimum absolute atomic E-state index is 0.163. The molecule has 1 atom stereocenters. The molecule has 0 aliphatic carbocycles. The number of benzene rings is 1. The standard InChI is InChI=1S/C13H19NO/c1-3-4-9-15-13-8-6-5-7-12(13)10-11(2)14/h3-8,11H,9-10,14H2,1-2H3/b4-3+. The van der Waals surface area contributed by atoms with Crippen molar-refractivity contribution in [1.82, 2.24) is 0 Å². The fourth-order valence-corrected chi connectivity index (χ4v) is 1.39. The molecule has 1 aromatic carbocycles. The molecule has 2 heteroatoms. The number of hydrogen-bond donors (Lipinski definition) is 1. The highest BCUT2D eigenvalue weighted by Crippen LogP contribution is 2.19. The number of ether oxygens (including phenoxy) is 1. The maximum Gasteiger partial charge on any atom is 0.123 e. The molecule has 0 aliphatic heterocycles. The Hall–Kier alpha value is -1.28. The van der Waals surface area contributed by atoms with Crippen molar-refractivity contribution in [1.29, 1.82) is 0 Å². The van der Waals surface area contributed by atoms with E-state index in [1.54, 1.807) is 0 Å². The Bertz CT molecular complexity index is 318. The monoisotopic (exact) mass is 205 g/mol. The van der Waals surface area contributed by atoms with Gasteiger partial charge in [-0.2, -0.15) is 0 Å². The summed E-state index contributed by atoms with van der Waals surface area (Å²) in [5, 5.41) is 0. The molecule has 1 unspecified atom stereocenters. The van der Waals surface area contributed by atoms with Crippen LogP contribution in [0, 0.1) is 0 Å². The van der Waals surface area contributed by atoms with Gasteiger partial charge in [0, 0.05) is 6.04 Å².